The van der Waals surface area contributed by atoms with Crippen LogP contribution < -0.4 is 4.74 Å². The highest BCUT2D eigenvalue weighted by atomic mass is 35.5. The summed E-state index contributed by atoms with van der Waals surface area (Å²) >= 11 is 5.62. The van der Waals surface area contributed by atoms with Crippen molar-refractivity contribution >= 4 is 17.3 Å². The van der Waals surface area contributed by atoms with Gasteiger partial charge in [-0.2, -0.15) is 0 Å². The first kappa shape index (κ1) is 14.3. The molecule has 0 unspecified atom stereocenters. The van der Waals surface area contributed by atoms with E-state index in [4.69, 9.17) is 21.5 Å². The molecule has 2 aromatic carbocycles. The molecule has 0 fully saturated rings. The Morgan fingerprint density at radius 1 is 1.30 bits per heavy atom. The molecule has 0 atom stereocenters. The quantitative estimate of drug-likeness (QED) is 0.520. The van der Waals surface area contributed by atoms with Crippen molar-refractivity contribution in [3.63, 3.8) is 0 Å². The van der Waals surface area contributed by atoms with Crippen LogP contribution in [0.5, 0.6) is 5.75 Å². The van der Waals surface area contributed by atoms with E-state index in [0.717, 1.165) is 0 Å². The number of nitrogens with zero attached hydrogens (tertiary/aromatic N) is 1. The maximum atomic E-state index is 13.3. The molecule has 1 N–H and O–H groups in total. The lowest BCUT2D eigenvalue weighted by Gasteiger charge is -2.11. The van der Waals surface area contributed by atoms with E-state index >= 15 is 0 Å². The standard InChI is InChI=1S/C15H13ClFNO2/c1-10(18-19)12-4-2-3-5-15(12)20-9-11-6-7-13(16)14(17)8-11/h2-8,19H,9H2,1H3/b18-10-. The van der Waals surface area contributed by atoms with Gasteiger partial charge in [0.15, 0.2) is 0 Å². The predicted octanol–water partition coefficient (Wildman–Crippen LogP) is 4.26. The molecule has 2 rings (SSSR count). The van der Waals surface area contributed by atoms with Crippen molar-refractivity contribution in [3.8, 4) is 5.75 Å². The lowest BCUT2D eigenvalue weighted by Crippen LogP contribution is -2.02. The van der Waals surface area contributed by atoms with E-state index in [-0.39, 0.29) is 11.6 Å². The monoisotopic (exact) mass is 293 g/mol. The minimum absolute atomic E-state index is 0.0809. The highest BCUT2D eigenvalue weighted by Crippen LogP contribution is 2.21. The Labute approximate surface area is 121 Å². The number of hydrogen-bond donors (Lipinski definition) is 1. The summed E-state index contributed by atoms with van der Waals surface area (Å²) in [4.78, 5) is 0. The van der Waals surface area contributed by atoms with Crippen molar-refractivity contribution in [2.24, 2.45) is 5.16 Å². The first-order valence-electron chi connectivity index (χ1n) is 5.96. The molecule has 0 aromatic heterocycles. The Morgan fingerprint density at radius 3 is 2.75 bits per heavy atom. The van der Waals surface area contributed by atoms with Gasteiger partial charge in [-0.3, -0.25) is 0 Å². The van der Waals surface area contributed by atoms with Crippen LogP contribution in [-0.2, 0) is 6.61 Å². The summed E-state index contributed by atoms with van der Waals surface area (Å²) in [7, 11) is 0. The third kappa shape index (κ3) is 3.27. The second-order valence-corrected chi connectivity index (χ2v) is 4.63. The number of oxime groups is 1. The summed E-state index contributed by atoms with van der Waals surface area (Å²) in [5.74, 6) is 0.0901. The fraction of sp³-hybridized carbons (Fsp3) is 0.133. The molecular weight excluding hydrogens is 281 g/mol. The van der Waals surface area contributed by atoms with Crippen LogP contribution in [0.2, 0.25) is 5.02 Å². The van der Waals surface area contributed by atoms with Crippen molar-refractivity contribution in [1.29, 1.82) is 0 Å². The Hall–Kier alpha value is -2.07. The summed E-state index contributed by atoms with van der Waals surface area (Å²) in [5, 5.41) is 12.1. The van der Waals surface area contributed by atoms with Crippen molar-refractivity contribution in [1.82, 2.24) is 0 Å². The molecule has 2 aromatic rings. The minimum Gasteiger partial charge on any atom is -0.488 e. The van der Waals surface area contributed by atoms with Crippen molar-refractivity contribution in [2.45, 2.75) is 13.5 Å². The zero-order valence-corrected chi connectivity index (χ0v) is 11.6. The molecule has 3 nitrogen and oxygen atoms in total. The molecule has 0 aliphatic rings. The number of hydrogen-bond acceptors (Lipinski definition) is 3. The van der Waals surface area contributed by atoms with E-state index in [9.17, 15) is 4.39 Å². The molecule has 0 aliphatic carbocycles. The van der Waals surface area contributed by atoms with E-state index < -0.39 is 5.82 Å². The maximum absolute atomic E-state index is 13.3. The fourth-order valence-electron chi connectivity index (χ4n) is 1.74. The van der Waals surface area contributed by atoms with Crippen LogP contribution in [0.1, 0.15) is 18.1 Å². The molecule has 0 heterocycles. The molecule has 0 saturated heterocycles. The lowest BCUT2D eigenvalue weighted by atomic mass is 10.1. The van der Waals surface area contributed by atoms with Gasteiger partial charge >= 0.3 is 0 Å². The average molecular weight is 294 g/mol. The van der Waals surface area contributed by atoms with Gasteiger partial charge in [-0.25, -0.2) is 4.39 Å². The van der Waals surface area contributed by atoms with E-state index in [1.165, 1.54) is 12.1 Å². The van der Waals surface area contributed by atoms with Crippen LogP contribution in [0, 0.1) is 5.82 Å². The van der Waals surface area contributed by atoms with E-state index in [1.807, 2.05) is 12.1 Å². The zero-order chi connectivity index (χ0) is 14.5. The van der Waals surface area contributed by atoms with Gasteiger partial charge in [-0.15, -0.1) is 0 Å². The van der Waals surface area contributed by atoms with Crippen molar-refractivity contribution in [2.75, 3.05) is 0 Å². The topological polar surface area (TPSA) is 41.8 Å². The second kappa shape index (κ2) is 6.39. The smallest absolute Gasteiger partial charge is 0.142 e. The van der Waals surface area contributed by atoms with Crippen LogP contribution in [0.25, 0.3) is 0 Å². The van der Waals surface area contributed by atoms with Gasteiger partial charge in [0.05, 0.1) is 10.7 Å². The summed E-state index contributed by atoms with van der Waals surface area (Å²) in [6.07, 6.45) is 0. The van der Waals surface area contributed by atoms with Gasteiger partial charge in [0.2, 0.25) is 0 Å². The molecule has 0 amide bonds. The number of halogens is 2. The van der Waals surface area contributed by atoms with Gasteiger partial charge in [-0.05, 0) is 36.8 Å². The zero-order valence-electron chi connectivity index (χ0n) is 10.8. The molecule has 0 saturated carbocycles. The van der Waals surface area contributed by atoms with Crippen molar-refractivity contribution < 1.29 is 14.3 Å². The van der Waals surface area contributed by atoms with Crippen LogP contribution in [0.15, 0.2) is 47.6 Å². The second-order valence-electron chi connectivity index (χ2n) is 4.22. The van der Waals surface area contributed by atoms with Gasteiger partial charge in [0.1, 0.15) is 18.2 Å². The van der Waals surface area contributed by atoms with E-state index in [2.05, 4.69) is 5.16 Å². The average Bonchev–Trinajstić information content (AvgIpc) is 2.48. The van der Waals surface area contributed by atoms with Gasteiger partial charge < -0.3 is 9.94 Å². The minimum atomic E-state index is -0.478. The Bertz CT molecular complexity index is 644. The number of benzene rings is 2. The molecule has 104 valence electrons. The summed E-state index contributed by atoms with van der Waals surface area (Å²) in [6.45, 7) is 1.87. The largest absolute Gasteiger partial charge is 0.488 e. The highest BCUT2D eigenvalue weighted by molar-refractivity contribution is 6.30. The van der Waals surface area contributed by atoms with Gasteiger partial charge in [0.25, 0.3) is 0 Å². The van der Waals surface area contributed by atoms with Crippen LogP contribution >= 0.6 is 11.6 Å². The van der Waals surface area contributed by atoms with Crippen LogP contribution in [0.4, 0.5) is 4.39 Å². The molecule has 0 bridgehead atoms. The number of ether oxygens (including phenoxy) is 1. The van der Waals surface area contributed by atoms with Gasteiger partial charge in [0, 0.05) is 5.56 Å². The lowest BCUT2D eigenvalue weighted by molar-refractivity contribution is 0.303. The van der Waals surface area contributed by atoms with Crippen LogP contribution in [-0.4, -0.2) is 10.9 Å². The molecular formula is C15H13ClFNO2. The molecule has 20 heavy (non-hydrogen) atoms. The van der Waals surface area contributed by atoms with Crippen LogP contribution in [0.3, 0.4) is 0 Å². The Morgan fingerprint density at radius 2 is 2.05 bits per heavy atom. The molecule has 0 aliphatic heterocycles. The normalized spacial score (nSPS) is 11.4. The fourth-order valence-corrected chi connectivity index (χ4v) is 1.85. The Kier molecular flexibility index (Phi) is 4.58. The molecule has 5 heteroatoms. The first-order chi connectivity index (χ1) is 9.61. The third-order valence-corrected chi connectivity index (χ3v) is 3.11. The molecule has 0 spiro atoms. The molecule has 0 radical (unpaired) electrons. The van der Waals surface area contributed by atoms with Crippen molar-refractivity contribution in [3.05, 3.63) is 64.4 Å². The summed E-state index contributed by atoms with van der Waals surface area (Å²) in [5.41, 5.74) is 1.80. The summed E-state index contributed by atoms with van der Waals surface area (Å²) in [6, 6.07) is 11.7. The van der Waals surface area contributed by atoms with E-state index in [1.54, 1.807) is 25.1 Å². The number of rotatable bonds is 4. The maximum Gasteiger partial charge on any atom is 0.142 e. The van der Waals surface area contributed by atoms with E-state index in [0.29, 0.717) is 22.6 Å². The first-order valence-corrected chi connectivity index (χ1v) is 6.34. The third-order valence-electron chi connectivity index (χ3n) is 2.81. The number of para-hydroxylation sites is 1. The Balaban J connectivity index is 2.17. The SMILES string of the molecule is C/C(=N/O)c1ccccc1OCc1ccc(Cl)c(F)c1. The highest BCUT2D eigenvalue weighted by Gasteiger charge is 2.07. The predicted molar refractivity (Wildman–Crippen MR) is 76.2 cm³/mol. The summed E-state index contributed by atoms with van der Waals surface area (Å²) < 4.78 is 19.0. The van der Waals surface area contributed by atoms with Gasteiger partial charge in [-0.1, -0.05) is 35.0 Å².